The van der Waals surface area contributed by atoms with Gasteiger partial charge in [0.15, 0.2) is 0 Å². The van der Waals surface area contributed by atoms with Crippen LogP contribution in [0, 0.1) is 0 Å². The summed E-state index contributed by atoms with van der Waals surface area (Å²) in [6.45, 7) is 7.45. The quantitative estimate of drug-likeness (QED) is 0.765. The van der Waals surface area contributed by atoms with Crippen LogP contribution in [-0.2, 0) is 4.79 Å². The Hall–Kier alpha value is -1.55. The van der Waals surface area contributed by atoms with Gasteiger partial charge in [-0.3, -0.25) is 4.79 Å². The number of carbonyl (C=O) groups excluding carboxylic acids is 1. The van der Waals surface area contributed by atoms with E-state index < -0.39 is 0 Å². The Morgan fingerprint density at radius 2 is 1.95 bits per heavy atom. The van der Waals surface area contributed by atoms with E-state index in [4.69, 9.17) is 5.73 Å². The number of nitrogens with two attached hydrogens (primary N) is 1. The fourth-order valence-electron chi connectivity index (χ4n) is 2.03. The van der Waals surface area contributed by atoms with Crippen molar-refractivity contribution in [1.29, 1.82) is 0 Å². The average molecular weight is 277 g/mol. The summed E-state index contributed by atoms with van der Waals surface area (Å²) in [4.78, 5) is 14.4. The number of anilines is 1. The highest BCUT2D eigenvalue weighted by atomic mass is 16.2. The van der Waals surface area contributed by atoms with Gasteiger partial charge in [0.2, 0.25) is 5.91 Å². The van der Waals surface area contributed by atoms with Gasteiger partial charge in [0.1, 0.15) is 6.04 Å². The standard InChI is InChI=1S/C16H27N3O/c1-4-13(2)18-16(20)14(3)19(12-8-11-17)15-9-6-5-7-10-15/h5-7,9-10,13-14H,4,8,11-12,17H2,1-3H3,(H,18,20). The SMILES string of the molecule is CCC(C)NC(=O)C(C)N(CCCN)c1ccccc1. The van der Waals surface area contributed by atoms with E-state index in [0.29, 0.717) is 6.54 Å². The molecule has 3 N–H and O–H groups in total. The van der Waals surface area contributed by atoms with Gasteiger partial charge in [0, 0.05) is 18.3 Å². The molecule has 0 aliphatic rings. The summed E-state index contributed by atoms with van der Waals surface area (Å²) in [5.74, 6) is 0.0697. The number of rotatable bonds is 8. The van der Waals surface area contributed by atoms with Crippen LogP contribution in [0.5, 0.6) is 0 Å². The monoisotopic (exact) mass is 277 g/mol. The van der Waals surface area contributed by atoms with E-state index in [-0.39, 0.29) is 18.0 Å². The van der Waals surface area contributed by atoms with Crippen LogP contribution >= 0.6 is 0 Å². The predicted molar refractivity (Wildman–Crippen MR) is 84.8 cm³/mol. The van der Waals surface area contributed by atoms with Crippen LogP contribution in [0.25, 0.3) is 0 Å². The molecular weight excluding hydrogens is 250 g/mol. The number of para-hydroxylation sites is 1. The Balaban J connectivity index is 2.79. The van der Waals surface area contributed by atoms with Crippen LogP contribution in [0.15, 0.2) is 30.3 Å². The fraction of sp³-hybridized carbons (Fsp3) is 0.562. The lowest BCUT2D eigenvalue weighted by Crippen LogP contribution is -2.48. The van der Waals surface area contributed by atoms with Gasteiger partial charge in [-0.1, -0.05) is 25.1 Å². The van der Waals surface area contributed by atoms with Crippen LogP contribution < -0.4 is 16.0 Å². The maximum Gasteiger partial charge on any atom is 0.242 e. The molecule has 1 amide bonds. The van der Waals surface area contributed by atoms with E-state index in [9.17, 15) is 4.79 Å². The van der Waals surface area contributed by atoms with Crippen molar-refractivity contribution in [2.75, 3.05) is 18.0 Å². The highest BCUT2D eigenvalue weighted by molar-refractivity contribution is 5.85. The number of carbonyl (C=O) groups is 1. The number of hydrogen-bond acceptors (Lipinski definition) is 3. The minimum absolute atomic E-state index is 0.0697. The molecule has 0 aromatic heterocycles. The van der Waals surface area contributed by atoms with Crippen molar-refractivity contribution in [3.8, 4) is 0 Å². The smallest absolute Gasteiger partial charge is 0.242 e. The van der Waals surface area contributed by atoms with Crippen molar-refractivity contribution in [1.82, 2.24) is 5.32 Å². The van der Waals surface area contributed by atoms with Crippen LogP contribution in [0.1, 0.15) is 33.6 Å². The molecule has 0 saturated heterocycles. The Labute approximate surface area is 122 Å². The highest BCUT2D eigenvalue weighted by Crippen LogP contribution is 2.17. The minimum atomic E-state index is -0.196. The number of hydrogen-bond donors (Lipinski definition) is 2. The fourth-order valence-corrected chi connectivity index (χ4v) is 2.03. The molecule has 0 heterocycles. The van der Waals surface area contributed by atoms with Crippen molar-refractivity contribution >= 4 is 11.6 Å². The summed E-state index contributed by atoms with van der Waals surface area (Å²) >= 11 is 0. The van der Waals surface area contributed by atoms with Crippen molar-refractivity contribution in [3.05, 3.63) is 30.3 Å². The Bertz CT molecular complexity index is 394. The molecule has 112 valence electrons. The number of nitrogens with zero attached hydrogens (tertiary/aromatic N) is 1. The number of amides is 1. The molecule has 0 fully saturated rings. The van der Waals surface area contributed by atoms with Gasteiger partial charge in [-0.15, -0.1) is 0 Å². The molecule has 0 spiro atoms. The second-order valence-corrected chi connectivity index (χ2v) is 5.17. The summed E-state index contributed by atoms with van der Waals surface area (Å²) < 4.78 is 0. The first-order valence-corrected chi connectivity index (χ1v) is 7.42. The van der Waals surface area contributed by atoms with E-state index in [1.807, 2.05) is 44.2 Å². The van der Waals surface area contributed by atoms with E-state index >= 15 is 0 Å². The lowest BCUT2D eigenvalue weighted by molar-refractivity contribution is -0.122. The maximum absolute atomic E-state index is 12.3. The van der Waals surface area contributed by atoms with E-state index in [1.165, 1.54) is 0 Å². The van der Waals surface area contributed by atoms with Gasteiger partial charge >= 0.3 is 0 Å². The maximum atomic E-state index is 12.3. The first-order chi connectivity index (χ1) is 9.60. The van der Waals surface area contributed by atoms with Gasteiger partial charge < -0.3 is 16.0 Å². The van der Waals surface area contributed by atoms with Crippen LogP contribution in [-0.4, -0.2) is 31.1 Å². The molecule has 1 aromatic rings. The number of benzene rings is 1. The van der Waals surface area contributed by atoms with Crippen molar-refractivity contribution in [2.24, 2.45) is 5.73 Å². The zero-order chi connectivity index (χ0) is 15.0. The van der Waals surface area contributed by atoms with Gasteiger partial charge in [-0.25, -0.2) is 0 Å². The molecule has 4 heteroatoms. The van der Waals surface area contributed by atoms with Gasteiger partial charge in [-0.2, -0.15) is 0 Å². The zero-order valence-corrected chi connectivity index (χ0v) is 12.8. The molecule has 0 bridgehead atoms. The predicted octanol–water partition coefficient (Wildman–Crippen LogP) is 2.14. The zero-order valence-electron chi connectivity index (χ0n) is 12.8. The van der Waals surface area contributed by atoms with Crippen LogP contribution in [0.2, 0.25) is 0 Å². The molecule has 2 unspecified atom stereocenters. The van der Waals surface area contributed by atoms with Gasteiger partial charge in [0.05, 0.1) is 0 Å². The van der Waals surface area contributed by atoms with Crippen molar-refractivity contribution < 1.29 is 4.79 Å². The number of nitrogens with one attached hydrogen (secondary N) is 1. The Morgan fingerprint density at radius 3 is 2.50 bits per heavy atom. The Morgan fingerprint density at radius 1 is 1.30 bits per heavy atom. The molecule has 0 aliphatic heterocycles. The largest absolute Gasteiger partial charge is 0.360 e. The van der Waals surface area contributed by atoms with Crippen LogP contribution in [0.3, 0.4) is 0 Å². The Kier molecular flexibility index (Phi) is 7.09. The molecule has 20 heavy (non-hydrogen) atoms. The lowest BCUT2D eigenvalue weighted by Gasteiger charge is -2.31. The summed E-state index contributed by atoms with van der Waals surface area (Å²) in [6.07, 6.45) is 1.81. The average Bonchev–Trinajstić information content (AvgIpc) is 2.48. The van der Waals surface area contributed by atoms with Crippen LogP contribution in [0.4, 0.5) is 5.69 Å². The molecule has 2 atom stereocenters. The topological polar surface area (TPSA) is 58.4 Å². The normalized spacial score (nSPS) is 13.6. The third kappa shape index (κ3) is 4.85. The minimum Gasteiger partial charge on any atom is -0.360 e. The molecule has 0 aliphatic carbocycles. The van der Waals surface area contributed by atoms with Crippen molar-refractivity contribution in [2.45, 2.75) is 45.7 Å². The molecular formula is C16H27N3O. The lowest BCUT2D eigenvalue weighted by atomic mass is 10.1. The third-order valence-electron chi connectivity index (χ3n) is 3.54. The van der Waals surface area contributed by atoms with Crippen molar-refractivity contribution in [3.63, 3.8) is 0 Å². The summed E-state index contributed by atoms with van der Waals surface area (Å²) in [7, 11) is 0. The van der Waals surface area contributed by atoms with Gasteiger partial charge in [-0.05, 0) is 45.4 Å². The van der Waals surface area contributed by atoms with E-state index in [0.717, 1.165) is 25.1 Å². The first-order valence-electron chi connectivity index (χ1n) is 7.42. The first kappa shape index (κ1) is 16.5. The highest BCUT2D eigenvalue weighted by Gasteiger charge is 2.21. The molecule has 0 radical (unpaired) electrons. The van der Waals surface area contributed by atoms with E-state index in [2.05, 4.69) is 17.1 Å². The molecule has 1 rings (SSSR count). The third-order valence-corrected chi connectivity index (χ3v) is 3.54. The summed E-state index contributed by atoms with van der Waals surface area (Å²) in [6, 6.07) is 10.0. The van der Waals surface area contributed by atoms with Gasteiger partial charge in [0.25, 0.3) is 0 Å². The summed E-state index contributed by atoms with van der Waals surface area (Å²) in [5.41, 5.74) is 6.67. The van der Waals surface area contributed by atoms with E-state index in [1.54, 1.807) is 0 Å². The summed E-state index contributed by atoms with van der Waals surface area (Å²) in [5, 5.41) is 3.04. The second-order valence-electron chi connectivity index (χ2n) is 5.17. The molecule has 4 nitrogen and oxygen atoms in total. The molecule has 0 saturated carbocycles. The second kappa shape index (κ2) is 8.59. The molecule has 1 aromatic carbocycles.